The van der Waals surface area contributed by atoms with E-state index < -0.39 is 11.9 Å². The number of hydrogen-bond donors (Lipinski definition) is 1. The number of hydrogen-bond acceptors (Lipinski definition) is 2. The largest absolute Gasteiger partial charge is 0.481 e. The average Bonchev–Trinajstić information content (AvgIpc) is 3.19. The highest BCUT2D eigenvalue weighted by molar-refractivity contribution is 5.76. The number of rotatable bonds is 7. The summed E-state index contributed by atoms with van der Waals surface area (Å²) in [7, 11) is 0. The Labute approximate surface area is 108 Å². The average molecular weight is 247 g/mol. The van der Waals surface area contributed by atoms with E-state index in [-0.39, 0.29) is 0 Å². The predicted molar refractivity (Wildman–Crippen MR) is 71.7 cm³/mol. The molecule has 0 radical (unpaired) electrons. The topological polar surface area (TPSA) is 40.5 Å². The second-order valence-corrected chi connectivity index (χ2v) is 5.03. The molecule has 1 N–H and O–H groups in total. The van der Waals surface area contributed by atoms with E-state index in [1.54, 1.807) is 0 Å². The summed E-state index contributed by atoms with van der Waals surface area (Å²) in [5.74, 6) is -1.12. The number of carboxylic acids is 1. The highest BCUT2D eigenvalue weighted by Gasteiger charge is 2.32. The zero-order chi connectivity index (χ0) is 13.0. The molecule has 3 nitrogen and oxygen atoms in total. The SMILES string of the molecule is CCCN(CC(C(=O)O)c1ccccc1)C1CC1. The normalized spacial score (nSPS) is 16.8. The zero-order valence-electron chi connectivity index (χ0n) is 10.9. The molecule has 98 valence electrons. The van der Waals surface area contributed by atoms with Gasteiger partial charge in [-0.3, -0.25) is 9.69 Å². The number of carboxylic acid groups (broad SMARTS) is 1. The van der Waals surface area contributed by atoms with Crippen LogP contribution >= 0.6 is 0 Å². The van der Waals surface area contributed by atoms with Gasteiger partial charge in [-0.25, -0.2) is 0 Å². The molecule has 0 aromatic heterocycles. The van der Waals surface area contributed by atoms with E-state index in [1.807, 2.05) is 30.3 Å². The van der Waals surface area contributed by atoms with Gasteiger partial charge in [-0.2, -0.15) is 0 Å². The predicted octanol–water partition coefficient (Wildman–Crippen LogP) is 2.73. The summed E-state index contributed by atoms with van der Waals surface area (Å²) in [6.45, 7) is 3.78. The van der Waals surface area contributed by atoms with Gasteiger partial charge in [0.1, 0.15) is 0 Å². The molecule has 1 aromatic rings. The number of benzene rings is 1. The minimum atomic E-state index is -0.719. The fourth-order valence-corrected chi connectivity index (χ4v) is 2.40. The molecule has 3 heteroatoms. The van der Waals surface area contributed by atoms with Crippen molar-refractivity contribution >= 4 is 5.97 Å². The van der Waals surface area contributed by atoms with Crippen molar-refractivity contribution in [3.8, 4) is 0 Å². The highest BCUT2D eigenvalue weighted by Crippen LogP contribution is 2.29. The van der Waals surface area contributed by atoms with Crippen molar-refractivity contribution in [2.75, 3.05) is 13.1 Å². The molecule has 1 aromatic carbocycles. The summed E-state index contributed by atoms with van der Waals surface area (Å²) in [4.78, 5) is 13.8. The molecule has 0 aliphatic heterocycles. The van der Waals surface area contributed by atoms with Crippen LogP contribution < -0.4 is 0 Å². The lowest BCUT2D eigenvalue weighted by Gasteiger charge is -2.25. The van der Waals surface area contributed by atoms with Crippen LogP contribution in [0.4, 0.5) is 0 Å². The molecular formula is C15H21NO2. The molecule has 0 amide bonds. The van der Waals surface area contributed by atoms with Gasteiger partial charge < -0.3 is 5.11 Å². The van der Waals surface area contributed by atoms with Crippen LogP contribution in [-0.4, -0.2) is 35.1 Å². The number of carbonyl (C=O) groups is 1. The Morgan fingerprint density at radius 1 is 1.39 bits per heavy atom. The van der Waals surface area contributed by atoms with Crippen LogP contribution in [0.15, 0.2) is 30.3 Å². The van der Waals surface area contributed by atoms with Crippen molar-refractivity contribution in [1.82, 2.24) is 4.90 Å². The molecule has 0 bridgehead atoms. The monoisotopic (exact) mass is 247 g/mol. The fourth-order valence-electron chi connectivity index (χ4n) is 2.40. The maximum absolute atomic E-state index is 11.5. The van der Waals surface area contributed by atoms with Crippen molar-refractivity contribution in [2.45, 2.75) is 38.1 Å². The Bertz CT molecular complexity index is 387. The van der Waals surface area contributed by atoms with E-state index in [9.17, 15) is 9.90 Å². The zero-order valence-corrected chi connectivity index (χ0v) is 10.9. The van der Waals surface area contributed by atoms with Gasteiger partial charge in [0.05, 0.1) is 5.92 Å². The number of aliphatic carboxylic acids is 1. The van der Waals surface area contributed by atoms with E-state index in [2.05, 4.69) is 11.8 Å². The third-order valence-corrected chi connectivity index (χ3v) is 3.49. The molecule has 1 aliphatic carbocycles. The first-order valence-corrected chi connectivity index (χ1v) is 6.74. The van der Waals surface area contributed by atoms with Crippen LogP contribution in [0.3, 0.4) is 0 Å². The van der Waals surface area contributed by atoms with E-state index in [0.717, 1.165) is 18.5 Å². The molecular weight excluding hydrogens is 226 g/mol. The molecule has 0 heterocycles. The first kappa shape index (κ1) is 13.1. The molecule has 0 saturated heterocycles. The summed E-state index contributed by atoms with van der Waals surface area (Å²) in [6.07, 6.45) is 3.53. The van der Waals surface area contributed by atoms with Gasteiger partial charge in [-0.15, -0.1) is 0 Å². The van der Waals surface area contributed by atoms with Crippen LogP contribution in [0, 0.1) is 0 Å². The van der Waals surface area contributed by atoms with Crippen molar-refractivity contribution < 1.29 is 9.90 Å². The summed E-state index contributed by atoms with van der Waals surface area (Å²) >= 11 is 0. The molecule has 1 unspecified atom stereocenters. The minimum absolute atomic E-state index is 0.404. The van der Waals surface area contributed by atoms with Gasteiger partial charge >= 0.3 is 5.97 Å². The van der Waals surface area contributed by atoms with E-state index in [0.29, 0.717) is 12.6 Å². The lowest BCUT2D eigenvalue weighted by molar-refractivity contribution is -0.139. The van der Waals surface area contributed by atoms with Gasteiger partial charge in [0.25, 0.3) is 0 Å². The third-order valence-electron chi connectivity index (χ3n) is 3.49. The van der Waals surface area contributed by atoms with Gasteiger partial charge in [0.15, 0.2) is 0 Å². The van der Waals surface area contributed by atoms with E-state index in [1.165, 1.54) is 12.8 Å². The van der Waals surface area contributed by atoms with Crippen LogP contribution in [0.2, 0.25) is 0 Å². The first-order chi connectivity index (χ1) is 8.72. The second-order valence-electron chi connectivity index (χ2n) is 5.03. The van der Waals surface area contributed by atoms with Gasteiger partial charge in [0, 0.05) is 12.6 Å². The quantitative estimate of drug-likeness (QED) is 0.805. The Morgan fingerprint density at radius 3 is 2.56 bits per heavy atom. The summed E-state index contributed by atoms with van der Waals surface area (Å²) < 4.78 is 0. The maximum atomic E-state index is 11.5. The van der Waals surface area contributed by atoms with Crippen LogP contribution in [0.5, 0.6) is 0 Å². The molecule has 1 aliphatic rings. The Balaban J connectivity index is 2.08. The smallest absolute Gasteiger partial charge is 0.312 e. The maximum Gasteiger partial charge on any atom is 0.312 e. The molecule has 18 heavy (non-hydrogen) atoms. The highest BCUT2D eigenvalue weighted by atomic mass is 16.4. The molecule has 1 atom stereocenters. The lowest BCUT2D eigenvalue weighted by Crippen LogP contribution is -2.34. The van der Waals surface area contributed by atoms with Crippen molar-refractivity contribution in [3.63, 3.8) is 0 Å². The third kappa shape index (κ3) is 3.33. The van der Waals surface area contributed by atoms with Crippen LogP contribution in [-0.2, 0) is 4.79 Å². The van der Waals surface area contributed by atoms with Gasteiger partial charge in [0.2, 0.25) is 0 Å². The minimum Gasteiger partial charge on any atom is -0.481 e. The van der Waals surface area contributed by atoms with E-state index >= 15 is 0 Å². The Hall–Kier alpha value is -1.35. The summed E-state index contributed by atoms with van der Waals surface area (Å²) in [5, 5.41) is 9.42. The lowest BCUT2D eigenvalue weighted by atomic mass is 9.98. The summed E-state index contributed by atoms with van der Waals surface area (Å²) in [6, 6.07) is 10.2. The Kier molecular flexibility index (Phi) is 4.37. The van der Waals surface area contributed by atoms with Crippen molar-refractivity contribution in [2.24, 2.45) is 0 Å². The molecule has 2 rings (SSSR count). The van der Waals surface area contributed by atoms with Gasteiger partial charge in [-0.05, 0) is 31.4 Å². The first-order valence-electron chi connectivity index (χ1n) is 6.74. The van der Waals surface area contributed by atoms with Crippen molar-refractivity contribution in [1.29, 1.82) is 0 Å². The Morgan fingerprint density at radius 2 is 2.06 bits per heavy atom. The molecule has 1 fully saturated rings. The molecule has 1 saturated carbocycles. The molecule has 0 spiro atoms. The standard InChI is InChI=1S/C15H21NO2/c1-2-10-16(13-8-9-13)11-14(15(17)18)12-6-4-3-5-7-12/h3-7,13-14H,2,8-11H2,1H3,(H,17,18). The van der Waals surface area contributed by atoms with E-state index in [4.69, 9.17) is 0 Å². The van der Waals surface area contributed by atoms with Crippen LogP contribution in [0.1, 0.15) is 37.7 Å². The fraction of sp³-hybridized carbons (Fsp3) is 0.533. The second kappa shape index (κ2) is 6.01. The van der Waals surface area contributed by atoms with Crippen LogP contribution in [0.25, 0.3) is 0 Å². The van der Waals surface area contributed by atoms with Crippen molar-refractivity contribution in [3.05, 3.63) is 35.9 Å². The van der Waals surface area contributed by atoms with Gasteiger partial charge in [-0.1, -0.05) is 37.3 Å². The number of nitrogens with zero attached hydrogens (tertiary/aromatic N) is 1. The summed E-state index contributed by atoms with van der Waals surface area (Å²) in [5.41, 5.74) is 0.909.